The van der Waals surface area contributed by atoms with Gasteiger partial charge in [-0.1, -0.05) is 45.4 Å². The third-order valence-electron chi connectivity index (χ3n) is 3.77. The van der Waals surface area contributed by atoms with Crippen molar-refractivity contribution in [3.05, 3.63) is 46.3 Å². The first-order chi connectivity index (χ1) is 12.3. The zero-order chi connectivity index (χ0) is 19.3. The van der Waals surface area contributed by atoms with Crippen molar-refractivity contribution in [1.29, 1.82) is 0 Å². The molecule has 1 aromatic heterocycles. The number of nitro groups is 1. The summed E-state index contributed by atoms with van der Waals surface area (Å²) in [6.07, 6.45) is 1.38. The standard InChI is InChI=1S/C19H27N5O2/c1-13(2)10-23(11-14(3)4)19-17(24(25)26)18(20-12-21-19)22-16-8-6-15(5)7-9-16/h6-9,12-14H,10-11H2,1-5H3,(H,20,21,22). The Hall–Kier alpha value is -2.70. The summed E-state index contributed by atoms with van der Waals surface area (Å²) < 4.78 is 0. The van der Waals surface area contributed by atoms with Crippen LogP contribution in [0.5, 0.6) is 0 Å². The van der Waals surface area contributed by atoms with Gasteiger partial charge in [0.1, 0.15) is 6.33 Å². The molecule has 0 spiro atoms. The third kappa shape index (κ3) is 5.15. The van der Waals surface area contributed by atoms with E-state index in [0.717, 1.165) is 11.3 Å². The molecular formula is C19H27N5O2. The molecule has 0 amide bonds. The highest BCUT2D eigenvalue weighted by Crippen LogP contribution is 2.34. The van der Waals surface area contributed by atoms with Crippen LogP contribution in [0, 0.1) is 28.9 Å². The smallest absolute Gasteiger partial charge is 0.350 e. The van der Waals surface area contributed by atoms with E-state index in [4.69, 9.17) is 0 Å². The highest BCUT2D eigenvalue weighted by Gasteiger charge is 2.28. The highest BCUT2D eigenvalue weighted by molar-refractivity contribution is 5.74. The van der Waals surface area contributed by atoms with E-state index in [2.05, 4.69) is 43.0 Å². The molecule has 0 aliphatic carbocycles. The molecule has 1 aromatic carbocycles. The molecule has 0 saturated heterocycles. The summed E-state index contributed by atoms with van der Waals surface area (Å²) in [5.74, 6) is 1.29. The third-order valence-corrected chi connectivity index (χ3v) is 3.77. The maximum absolute atomic E-state index is 11.8. The Kier molecular flexibility index (Phi) is 6.49. The molecule has 0 radical (unpaired) electrons. The van der Waals surface area contributed by atoms with Crippen molar-refractivity contribution in [1.82, 2.24) is 9.97 Å². The Morgan fingerprint density at radius 1 is 1.08 bits per heavy atom. The van der Waals surface area contributed by atoms with Gasteiger partial charge in [-0.3, -0.25) is 10.1 Å². The Labute approximate surface area is 154 Å². The molecule has 1 heterocycles. The van der Waals surface area contributed by atoms with Gasteiger partial charge in [-0.25, -0.2) is 9.97 Å². The predicted octanol–water partition coefficient (Wildman–Crippen LogP) is 4.56. The fourth-order valence-electron chi connectivity index (χ4n) is 2.76. The molecule has 0 fully saturated rings. The van der Waals surface area contributed by atoms with E-state index in [0.29, 0.717) is 30.7 Å². The van der Waals surface area contributed by atoms with Gasteiger partial charge >= 0.3 is 5.69 Å². The monoisotopic (exact) mass is 357 g/mol. The average Bonchev–Trinajstić information content (AvgIpc) is 2.55. The van der Waals surface area contributed by atoms with Crippen LogP contribution in [-0.4, -0.2) is 28.0 Å². The van der Waals surface area contributed by atoms with E-state index in [1.165, 1.54) is 6.33 Å². The van der Waals surface area contributed by atoms with E-state index < -0.39 is 4.92 Å². The summed E-state index contributed by atoms with van der Waals surface area (Å²) >= 11 is 0. The minimum atomic E-state index is -0.403. The van der Waals surface area contributed by atoms with E-state index in [-0.39, 0.29) is 11.5 Å². The number of benzene rings is 1. The van der Waals surface area contributed by atoms with Gasteiger partial charge < -0.3 is 10.2 Å². The number of aryl methyl sites for hydroxylation is 1. The fourth-order valence-corrected chi connectivity index (χ4v) is 2.76. The Balaban J connectivity index is 2.45. The lowest BCUT2D eigenvalue weighted by atomic mass is 10.1. The Bertz CT molecular complexity index is 734. The van der Waals surface area contributed by atoms with E-state index in [1.54, 1.807) is 0 Å². The molecule has 1 N–H and O–H groups in total. The SMILES string of the molecule is Cc1ccc(Nc2ncnc(N(CC(C)C)CC(C)C)c2[N+](=O)[O-])cc1. The first kappa shape index (κ1) is 19.6. The molecule has 0 aliphatic rings. The largest absolute Gasteiger partial charge is 0.353 e. The summed E-state index contributed by atoms with van der Waals surface area (Å²) in [6.45, 7) is 11.7. The van der Waals surface area contributed by atoms with Gasteiger partial charge in [-0.15, -0.1) is 0 Å². The normalized spacial score (nSPS) is 11.0. The summed E-state index contributed by atoms with van der Waals surface area (Å²) in [5.41, 5.74) is 1.78. The maximum atomic E-state index is 11.8. The zero-order valence-electron chi connectivity index (χ0n) is 16.1. The van der Waals surface area contributed by atoms with Crippen molar-refractivity contribution >= 4 is 23.0 Å². The lowest BCUT2D eigenvalue weighted by molar-refractivity contribution is -0.383. The molecule has 0 unspecified atom stereocenters. The summed E-state index contributed by atoms with van der Waals surface area (Å²) in [6, 6.07) is 7.64. The number of nitrogens with zero attached hydrogens (tertiary/aromatic N) is 4. The second-order valence-corrected chi connectivity index (χ2v) is 7.34. The first-order valence-electron chi connectivity index (χ1n) is 8.86. The second-order valence-electron chi connectivity index (χ2n) is 7.34. The predicted molar refractivity (Wildman–Crippen MR) is 105 cm³/mol. The first-order valence-corrected chi connectivity index (χ1v) is 8.86. The lowest BCUT2D eigenvalue weighted by Gasteiger charge is -2.27. The van der Waals surface area contributed by atoms with Crippen molar-refractivity contribution in [2.24, 2.45) is 11.8 Å². The van der Waals surface area contributed by atoms with Crippen molar-refractivity contribution in [2.45, 2.75) is 34.6 Å². The maximum Gasteiger partial charge on any atom is 0.353 e. The minimum absolute atomic E-state index is 0.0885. The van der Waals surface area contributed by atoms with Crippen LogP contribution >= 0.6 is 0 Å². The van der Waals surface area contributed by atoms with Gasteiger partial charge in [0, 0.05) is 18.8 Å². The summed E-state index contributed by atoms with van der Waals surface area (Å²) in [7, 11) is 0. The molecule has 2 aromatic rings. The van der Waals surface area contributed by atoms with Crippen molar-refractivity contribution in [2.75, 3.05) is 23.3 Å². The zero-order valence-corrected chi connectivity index (χ0v) is 16.1. The minimum Gasteiger partial charge on any atom is -0.350 e. The van der Waals surface area contributed by atoms with Gasteiger partial charge in [0.15, 0.2) is 0 Å². The highest BCUT2D eigenvalue weighted by atomic mass is 16.6. The van der Waals surface area contributed by atoms with E-state index in [9.17, 15) is 10.1 Å². The van der Waals surface area contributed by atoms with Crippen LogP contribution in [0.1, 0.15) is 33.3 Å². The van der Waals surface area contributed by atoms with E-state index >= 15 is 0 Å². The fraction of sp³-hybridized carbons (Fsp3) is 0.474. The summed E-state index contributed by atoms with van der Waals surface area (Å²) in [4.78, 5) is 21.8. The number of hydrogen-bond acceptors (Lipinski definition) is 6. The van der Waals surface area contributed by atoms with Crippen LogP contribution in [0.4, 0.5) is 23.0 Å². The number of nitrogens with one attached hydrogen (secondary N) is 1. The molecule has 0 bridgehead atoms. The number of aromatic nitrogens is 2. The second kappa shape index (κ2) is 8.60. The number of rotatable bonds is 8. The van der Waals surface area contributed by atoms with Crippen LogP contribution < -0.4 is 10.2 Å². The molecule has 0 saturated carbocycles. The van der Waals surface area contributed by atoms with Crippen molar-refractivity contribution < 1.29 is 4.92 Å². The number of hydrogen-bond donors (Lipinski definition) is 1. The van der Waals surface area contributed by atoms with Gasteiger partial charge in [0.2, 0.25) is 11.6 Å². The molecule has 0 atom stereocenters. The molecule has 26 heavy (non-hydrogen) atoms. The van der Waals surface area contributed by atoms with Crippen molar-refractivity contribution in [3.63, 3.8) is 0 Å². The van der Waals surface area contributed by atoms with Gasteiger partial charge in [0.05, 0.1) is 4.92 Å². The molecular weight excluding hydrogens is 330 g/mol. The molecule has 2 rings (SSSR count). The van der Waals surface area contributed by atoms with Crippen molar-refractivity contribution in [3.8, 4) is 0 Å². The van der Waals surface area contributed by atoms with Crippen LogP contribution in [0.25, 0.3) is 0 Å². The average molecular weight is 357 g/mol. The Morgan fingerprint density at radius 3 is 2.15 bits per heavy atom. The summed E-state index contributed by atoms with van der Waals surface area (Å²) in [5, 5.41) is 14.9. The molecule has 140 valence electrons. The van der Waals surface area contributed by atoms with Crippen LogP contribution in [0.15, 0.2) is 30.6 Å². The van der Waals surface area contributed by atoms with Crippen LogP contribution in [-0.2, 0) is 0 Å². The molecule has 0 aliphatic heterocycles. The molecule has 7 nitrogen and oxygen atoms in total. The van der Waals surface area contributed by atoms with Gasteiger partial charge in [-0.2, -0.15) is 0 Å². The number of anilines is 3. The lowest BCUT2D eigenvalue weighted by Crippen LogP contribution is -2.32. The van der Waals surface area contributed by atoms with Crippen LogP contribution in [0.3, 0.4) is 0 Å². The quantitative estimate of drug-likeness (QED) is 0.551. The Morgan fingerprint density at radius 2 is 1.65 bits per heavy atom. The van der Waals surface area contributed by atoms with E-state index in [1.807, 2.05) is 36.1 Å². The molecule has 7 heteroatoms. The van der Waals surface area contributed by atoms with Gasteiger partial charge in [-0.05, 0) is 30.9 Å². The topological polar surface area (TPSA) is 84.2 Å². The van der Waals surface area contributed by atoms with Crippen LogP contribution in [0.2, 0.25) is 0 Å². The van der Waals surface area contributed by atoms with Gasteiger partial charge in [0.25, 0.3) is 0 Å².